The fraction of sp³-hybridized carbons (Fsp3) is 0.143. The minimum absolute atomic E-state index is 0.0674. The number of fused-ring (bicyclic) bond motifs is 1. The number of carboxylic acid groups (broad SMARTS) is 1. The highest BCUT2D eigenvalue weighted by molar-refractivity contribution is 6.40. The van der Waals surface area contributed by atoms with Gasteiger partial charge in [0, 0.05) is 22.5 Å². The Labute approximate surface area is 166 Å². The zero-order valence-corrected chi connectivity index (χ0v) is 16.1. The van der Waals surface area contributed by atoms with E-state index >= 15 is 0 Å². The molecule has 0 saturated heterocycles. The second kappa shape index (κ2) is 7.99. The van der Waals surface area contributed by atoms with Crippen LogP contribution in [0, 0.1) is 0 Å². The lowest BCUT2D eigenvalue weighted by Crippen LogP contribution is -2.32. The van der Waals surface area contributed by atoms with Crippen LogP contribution in [-0.2, 0) is 0 Å². The molecule has 3 aromatic rings. The van der Waals surface area contributed by atoms with Crippen LogP contribution in [0.25, 0.3) is 10.8 Å². The Morgan fingerprint density at radius 3 is 2.33 bits per heavy atom. The lowest BCUT2D eigenvalue weighted by molar-refractivity contribution is 0.0696. The Bertz CT molecular complexity index is 1020. The number of aromatic carboxylic acids is 1. The lowest BCUT2D eigenvalue weighted by atomic mass is 10.0. The van der Waals surface area contributed by atoms with Crippen molar-refractivity contribution in [2.75, 3.05) is 11.4 Å². The largest absolute Gasteiger partial charge is 0.478 e. The molecule has 0 aliphatic heterocycles. The Morgan fingerprint density at radius 1 is 1.00 bits per heavy atom. The van der Waals surface area contributed by atoms with E-state index in [-0.39, 0.29) is 11.5 Å². The van der Waals surface area contributed by atoms with Gasteiger partial charge in [-0.25, -0.2) is 4.79 Å². The molecule has 4 nitrogen and oxygen atoms in total. The highest BCUT2D eigenvalue weighted by Gasteiger charge is 2.22. The number of hydrogen-bond acceptors (Lipinski definition) is 2. The van der Waals surface area contributed by atoms with Gasteiger partial charge < -0.3 is 10.0 Å². The van der Waals surface area contributed by atoms with Gasteiger partial charge in [-0.2, -0.15) is 0 Å². The van der Waals surface area contributed by atoms with Crippen molar-refractivity contribution in [2.45, 2.75) is 13.3 Å². The third-order valence-electron chi connectivity index (χ3n) is 4.20. The molecule has 3 rings (SSSR count). The van der Waals surface area contributed by atoms with Crippen LogP contribution in [0.15, 0.2) is 54.6 Å². The monoisotopic (exact) mass is 401 g/mol. The SMILES string of the molecule is CCCN(C(=O)c1ccccc1)c1cc(C(=O)O)cc2cc(Cl)cc(Cl)c12. The van der Waals surface area contributed by atoms with E-state index in [1.54, 1.807) is 41.3 Å². The number of anilines is 1. The van der Waals surface area contributed by atoms with Crippen LogP contribution in [-0.4, -0.2) is 23.5 Å². The molecular formula is C21H17Cl2NO3. The molecule has 0 bridgehead atoms. The summed E-state index contributed by atoms with van der Waals surface area (Å²) < 4.78 is 0. The van der Waals surface area contributed by atoms with Crippen LogP contribution >= 0.6 is 23.2 Å². The van der Waals surface area contributed by atoms with Crippen LogP contribution in [0.2, 0.25) is 10.0 Å². The minimum Gasteiger partial charge on any atom is -0.478 e. The Hall–Kier alpha value is -2.56. The Kier molecular flexibility index (Phi) is 5.68. The first-order valence-corrected chi connectivity index (χ1v) is 9.21. The van der Waals surface area contributed by atoms with Gasteiger partial charge in [0.15, 0.2) is 0 Å². The van der Waals surface area contributed by atoms with Crippen LogP contribution in [0.5, 0.6) is 0 Å². The van der Waals surface area contributed by atoms with Gasteiger partial charge in [-0.05, 0) is 48.2 Å². The van der Waals surface area contributed by atoms with Gasteiger partial charge in [0.05, 0.1) is 16.3 Å². The molecule has 0 heterocycles. The third-order valence-corrected chi connectivity index (χ3v) is 4.71. The summed E-state index contributed by atoms with van der Waals surface area (Å²) in [7, 11) is 0. The molecule has 1 amide bonds. The van der Waals surface area contributed by atoms with Gasteiger partial charge in [-0.3, -0.25) is 4.79 Å². The van der Waals surface area contributed by atoms with Crippen molar-refractivity contribution in [3.05, 3.63) is 75.8 Å². The van der Waals surface area contributed by atoms with Gasteiger partial charge in [-0.1, -0.05) is 48.3 Å². The van der Waals surface area contributed by atoms with E-state index in [9.17, 15) is 14.7 Å². The Balaban J connectivity index is 2.28. The van der Waals surface area contributed by atoms with E-state index in [0.717, 1.165) is 0 Å². The number of carbonyl (C=O) groups is 2. The molecule has 0 aliphatic rings. The maximum atomic E-state index is 13.1. The molecular weight excluding hydrogens is 385 g/mol. The number of rotatable bonds is 5. The molecule has 6 heteroatoms. The predicted molar refractivity (Wildman–Crippen MR) is 109 cm³/mol. The van der Waals surface area contributed by atoms with Gasteiger partial charge in [0.1, 0.15) is 0 Å². The van der Waals surface area contributed by atoms with Crippen LogP contribution < -0.4 is 4.90 Å². The summed E-state index contributed by atoms with van der Waals surface area (Å²) in [5, 5.41) is 11.4. The Morgan fingerprint density at radius 2 is 1.70 bits per heavy atom. The maximum Gasteiger partial charge on any atom is 0.335 e. The summed E-state index contributed by atoms with van der Waals surface area (Å²) in [4.78, 5) is 26.3. The van der Waals surface area contributed by atoms with Crippen LogP contribution in [0.1, 0.15) is 34.1 Å². The lowest BCUT2D eigenvalue weighted by Gasteiger charge is -2.25. The normalized spacial score (nSPS) is 10.8. The number of hydrogen-bond donors (Lipinski definition) is 1. The molecule has 0 saturated carbocycles. The average molecular weight is 402 g/mol. The summed E-state index contributed by atoms with van der Waals surface area (Å²) in [6.45, 7) is 2.37. The quantitative estimate of drug-likeness (QED) is 0.578. The number of carbonyl (C=O) groups excluding carboxylic acids is 1. The topological polar surface area (TPSA) is 57.6 Å². The minimum atomic E-state index is -1.09. The number of nitrogens with zero attached hydrogens (tertiary/aromatic N) is 1. The fourth-order valence-electron chi connectivity index (χ4n) is 3.03. The summed E-state index contributed by atoms with van der Waals surface area (Å²) in [6, 6.07) is 15.1. The average Bonchev–Trinajstić information content (AvgIpc) is 2.65. The summed E-state index contributed by atoms with van der Waals surface area (Å²) >= 11 is 12.5. The predicted octanol–water partition coefficient (Wildman–Crippen LogP) is 5.90. The fourth-order valence-corrected chi connectivity index (χ4v) is 3.64. The second-order valence-corrected chi connectivity index (χ2v) is 6.95. The second-order valence-electron chi connectivity index (χ2n) is 6.11. The molecule has 0 spiro atoms. The van der Waals surface area contributed by atoms with Crippen molar-refractivity contribution in [1.29, 1.82) is 0 Å². The molecule has 3 aromatic carbocycles. The van der Waals surface area contributed by atoms with Crippen molar-refractivity contribution in [3.63, 3.8) is 0 Å². The first-order valence-electron chi connectivity index (χ1n) is 8.45. The highest BCUT2D eigenvalue weighted by Crippen LogP contribution is 2.37. The van der Waals surface area contributed by atoms with E-state index in [4.69, 9.17) is 23.2 Å². The highest BCUT2D eigenvalue weighted by atomic mass is 35.5. The van der Waals surface area contributed by atoms with Gasteiger partial charge >= 0.3 is 5.97 Å². The molecule has 138 valence electrons. The van der Waals surface area contributed by atoms with Crippen molar-refractivity contribution in [1.82, 2.24) is 0 Å². The maximum absolute atomic E-state index is 13.1. The summed E-state index contributed by atoms with van der Waals surface area (Å²) in [5.74, 6) is -1.30. The van der Waals surface area contributed by atoms with Crippen LogP contribution in [0.3, 0.4) is 0 Å². The van der Waals surface area contributed by atoms with Crippen LogP contribution in [0.4, 0.5) is 5.69 Å². The van der Waals surface area contributed by atoms with Crippen molar-refractivity contribution in [3.8, 4) is 0 Å². The molecule has 0 atom stereocenters. The van der Waals surface area contributed by atoms with Gasteiger partial charge in [0.2, 0.25) is 0 Å². The summed E-state index contributed by atoms with van der Waals surface area (Å²) in [6.07, 6.45) is 0.697. The van der Waals surface area contributed by atoms with E-state index in [1.807, 2.05) is 13.0 Å². The van der Waals surface area contributed by atoms with E-state index < -0.39 is 5.97 Å². The zero-order chi connectivity index (χ0) is 19.6. The standard InChI is InChI=1S/C21H17Cl2NO3/c1-2-8-24(20(25)13-6-4-3-5-7-13)18-11-15(21(26)27)9-14-10-16(22)12-17(23)19(14)18/h3-7,9-12H,2,8H2,1H3,(H,26,27). The summed E-state index contributed by atoms with van der Waals surface area (Å²) in [5.41, 5.74) is 1.05. The third kappa shape index (κ3) is 3.92. The number of benzene rings is 3. The van der Waals surface area contributed by atoms with Crippen molar-refractivity contribution in [2.24, 2.45) is 0 Å². The van der Waals surface area contributed by atoms with E-state index in [0.29, 0.717) is 45.0 Å². The molecule has 27 heavy (non-hydrogen) atoms. The molecule has 0 aliphatic carbocycles. The zero-order valence-electron chi connectivity index (χ0n) is 14.6. The molecule has 0 aromatic heterocycles. The molecule has 0 unspecified atom stereocenters. The first-order chi connectivity index (χ1) is 12.9. The smallest absolute Gasteiger partial charge is 0.335 e. The number of amides is 1. The van der Waals surface area contributed by atoms with Crippen molar-refractivity contribution >= 4 is 51.5 Å². The van der Waals surface area contributed by atoms with Gasteiger partial charge in [0.25, 0.3) is 5.91 Å². The van der Waals surface area contributed by atoms with Gasteiger partial charge in [-0.15, -0.1) is 0 Å². The molecule has 0 fully saturated rings. The van der Waals surface area contributed by atoms with E-state index in [2.05, 4.69) is 0 Å². The molecule has 0 radical (unpaired) electrons. The number of halogens is 2. The first kappa shape index (κ1) is 19.2. The molecule has 1 N–H and O–H groups in total. The van der Waals surface area contributed by atoms with E-state index in [1.165, 1.54) is 12.1 Å². The van der Waals surface area contributed by atoms with Crippen molar-refractivity contribution < 1.29 is 14.7 Å². The number of carboxylic acids is 1.